The number of aromatic nitrogens is 1. The number of alkyl halides is 3. The van der Waals surface area contributed by atoms with E-state index in [2.05, 4.69) is 20.5 Å². The Morgan fingerprint density at radius 3 is 2.46 bits per heavy atom. The van der Waals surface area contributed by atoms with Gasteiger partial charge in [0.1, 0.15) is 23.1 Å². The molecule has 2 amide bonds. The summed E-state index contributed by atoms with van der Waals surface area (Å²) in [5.74, 6) is 0.0927. The quantitative estimate of drug-likeness (QED) is 0.167. The fourth-order valence-corrected chi connectivity index (χ4v) is 7.82. The number of piperidine rings is 1. The van der Waals surface area contributed by atoms with Crippen LogP contribution in [0, 0.1) is 17.2 Å². The summed E-state index contributed by atoms with van der Waals surface area (Å²) < 4.78 is 47.5. The van der Waals surface area contributed by atoms with Crippen LogP contribution in [-0.2, 0) is 31.8 Å². The summed E-state index contributed by atoms with van der Waals surface area (Å²) in [6.07, 6.45) is -0.771. The van der Waals surface area contributed by atoms with Crippen LogP contribution in [0.4, 0.5) is 35.9 Å². The maximum atomic E-state index is 13.7. The fraction of sp³-hybridized carbons (Fsp3) is 0.425. The first kappa shape index (κ1) is 40.3. The van der Waals surface area contributed by atoms with Gasteiger partial charge in [-0.1, -0.05) is 13.0 Å². The Bertz CT molecular complexity index is 2090. The third-order valence-electron chi connectivity index (χ3n) is 10.4. The normalized spacial score (nSPS) is 19.3. The van der Waals surface area contributed by atoms with Crippen LogP contribution in [0.25, 0.3) is 0 Å². The maximum absolute atomic E-state index is 13.7. The number of thiocarbonyl (C=S) groups is 1. The van der Waals surface area contributed by atoms with Gasteiger partial charge in [-0.15, -0.1) is 0 Å². The minimum absolute atomic E-state index is 0.0201. The number of likely N-dealkylation sites (tertiary alicyclic amines) is 1. The summed E-state index contributed by atoms with van der Waals surface area (Å²) >= 11 is 5.68. The third-order valence-corrected chi connectivity index (χ3v) is 10.8. The highest BCUT2D eigenvalue weighted by Crippen LogP contribution is 2.40. The average molecular weight is 790 g/mol. The number of carbonyl (C=O) groups is 4. The van der Waals surface area contributed by atoms with Crippen molar-refractivity contribution in [3.8, 4) is 11.8 Å². The van der Waals surface area contributed by atoms with Gasteiger partial charge >= 0.3 is 6.18 Å². The first-order valence-electron chi connectivity index (χ1n) is 18.4. The average Bonchev–Trinajstić information content (AvgIpc) is 3.33. The van der Waals surface area contributed by atoms with E-state index in [9.17, 15) is 32.3 Å². The van der Waals surface area contributed by atoms with E-state index in [4.69, 9.17) is 22.2 Å². The predicted octanol–water partition coefficient (Wildman–Crippen LogP) is 6.28. The largest absolute Gasteiger partial charge is 0.493 e. The second kappa shape index (κ2) is 16.4. The minimum Gasteiger partial charge on any atom is -0.493 e. The summed E-state index contributed by atoms with van der Waals surface area (Å²) in [6, 6.07) is 14.4. The highest BCUT2D eigenvalue weighted by molar-refractivity contribution is 7.81. The lowest BCUT2D eigenvalue weighted by molar-refractivity contribution is -0.138. The number of hydrogen-bond donors (Lipinski definition) is 2. The number of amides is 2. The summed E-state index contributed by atoms with van der Waals surface area (Å²) in [5.41, 5.74) is -0.730. The fourth-order valence-electron chi connectivity index (χ4n) is 7.29. The number of halogens is 3. The van der Waals surface area contributed by atoms with Crippen molar-refractivity contribution < 1.29 is 37.1 Å². The summed E-state index contributed by atoms with van der Waals surface area (Å²) in [5, 5.41) is 15.3. The maximum Gasteiger partial charge on any atom is 0.419 e. The Labute approximate surface area is 328 Å². The van der Waals surface area contributed by atoms with Crippen molar-refractivity contribution in [2.45, 2.75) is 77.1 Å². The lowest BCUT2D eigenvalue weighted by atomic mass is 9.93. The number of aryl methyl sites for hydroxylation is 1. The zero-order chi connectivity index (χ0) is 40.4. The number of hydrogen-bond acceptors (Lipinski definition) is 10. The van der Waals surface area contributed by atoms with Gasteiger partial charge in [0.25, 0.3) is 5.91 Å². The zero-order valence-corrected chi connectivity index (χ0v) is 32.1. The van der Waals surface area contributed by atoms with Crippen LogP contribution >= 0.6 is 12.2 Å². The Morgan fingerprint density at radius 1 is 1.05 bits per heavy atom. The van der Waals surface area contributed by atoms with Crippen molar-refractivity contribution in [1.29, 1.82) is 5.26 Å². The summed E-state index contributed by atoms with van der Waals surface area (Å²) in [6.45, 7) is 7.38. The van der Waals surface area contributed by atoms with E-state index in [1.54, 1.807) is 43.0 Å². The van der Waals surface area contributed by atoms with Crippen molar-refractivity contribution in [2.75, 3.05) is 46.7 Å². The van der Waals surface area contributed by atoms with Crippen LogP contribution in [0.15, 0.2) is 54.7 Å². The molecule has 1 unspecified atom stereocenters. The van der Waals surface area contributed by atoms with Crippen molar-refractivity contribution >= 4 is 63.5 Å². The molecule has 294 valence electrons. The van der Waals surface area contributed by atoms with Crippen LogP contribution in [0.1, 0.15) is 69.7 Å². The topological polar surface area (TPSA) is 148 Å². The smallest absolute Gasteiger partial charge is 0.419 e. The number of nitrogens with one attached hydrogen (secondary N) is 2. The van der Waals surface area contributed by atoms with Crippen LogP contribution in [-0.4, -0.2) is 76.2 Å². The molecule has 0 radical (unpaired) electrons. The monoisotopic (exact) mass is 789 g/mol. The number of rotatable bonds is 11. The molecule has 3 aromatic rings. The Balaban J connectivity index is 1.02. The van der Waals surface area contributed by atoms with Crippen LogP contribution < -0.4 is 25.2 Å². The van der Waals surface area contributed by atoms with Gasteiger partial charge in [0.05, 0.1) is 43.1 Å². The van der Waals surface area contributed by atoms with E-state index in [-0.39, 0.29) is 47.2 Å². The van der Waals surface area contributed by atoms with Gasteiger partial charge in [0, 0.05) is 23.5 Å². The molecule has 1 atom stereocenters. The highest BCUT2D eigenvalue weighted by Gasteiger charge is 2.51. The van der Waals surface area contributed by atoms with E-state index in [1.165, 1.54) is 6.07 Å². The van der Waals surface area contributed by atoms with Crippen molar-refractivity contribution in [3.63, 3.8) is 0 Å². The van der Waals surface area contributed by atoms with Crippen molar-refractivity contribution in [1.82, 2.24) is 9.88 Å². The first-order chi connectivity index (χ1) is 26.6. The number of ketones is 2. The molecule has 3 heterocycles. The summed E-state index contributed by atoms with van der Waals surface area (Å²) in [7, 11) is 0. The number of benzene rings is 2. The standard InChI is InChI=1S/C40H42F3N7O5S/c1-4-25-16-28(50-38(56)49(37(54)39(50,2)3)29-18-31(40(41,42)43)33(20-44)45-21-29)8-11-35(25)55-23-24-12-14-48(15-13-24)22-36(53)47-27-7-5-6-26(17-27)46-32-10-9-30(51)19-34(32)52/h5-8,11,16-18,21,24,32,46H,4,9-10,12-15,19,22-23H2,1-3H3,(H,47,53). The first-order valence-corrected chi connectivity index (χ1v) is 18.8. The second-order valence-electron chi connectivity index (χ2n) is 14.7. The van der Waals surface area contributed by atoms with Gasteiger partial charge in [0.15, 0.2) is 16.6 Å². The molecular weight excluding hydrogens is 748 g/mol. The molecule has 2 saturated heterocycles. The van der Waals surface area contributed by atoms with Gasteiger partial charge in [-0.3, -0.25) is 29.0 Å². The molecule has 2 aliphatic heterocycles. The minimum atomic E-state index is -4.86. The number of Topliss-reactive ketones (excluding diaryl/α,β-unsaturated/α-hetero) is 2. The van der Waals surface area contributed by atoms with Gasteiger partial charge in [-0.25, -0.2) is 4.98 Å². The molecule has 16 heteroatoms. The molecular formula is C40H42F3N7O5S. The van der Waals surface area contributed by atoms with E-state index < -0.39 is 34.9 Å². The number of ether oxygens (including phenoxy) is 1. The SMILES string of the molecule is CCc1cc(N2C(=S)N(c3cnc(C#N)c(C(F)(F)F)c3)C(=O)C2(C)C)ccc1OCC1CCN(CC(=O)Nc2cccc(NC3CCC(=O)CC3=O)c2)CC1. The van der Waals surface area contributed by atoms with E-state index in [1.807, 2.05) is 25.1 Å². The predicted molar refractivity (Wildman–Crippen MR) is 207 cm³/mol. The summed E-state index contributed by atoms with van der Waals surface area (Å²) in [4.78, 5) is 58.7. The number of anilines is 4. The van der Waals surface area contributed by atoms with Gasteiger partial charge in [-0.2, -0.15) is 18.4 Å². The molecule has 6 rings (SSSR count). The molecule has 3 fully saturated rings. The third kappa shape index (κ3) is 8.69. The number of pyridine rings is 1. The number of carbonyl (C=O) groups excluding carboxylic acids is 4. The highest BCUT2D eigenvalue weighted by atomic mass is 32.1. The second-order valence-corrected chi connectivity index (χ2v) is 15.1. The Morgan fingerprint density at radius 2 is 1.79 bits per heavy atom. The number of nitriles is 1. The van der Waals surface area contributed by atoms with Gasteiger partial charge in [-0.05, 0) is 119 Å². The van der Waals surface area contributed by atoms with E-state index in [0.29, 0.717) is 48.7 Å². The van der Waals surface area contributed by atoms with Crippen molar-refractivity contribution in [2.24, 2.45) is 5.92 Å². The molecule has 1 aromatic heterocycles. The number of nitrogens with zero attached hydrogens (tertiary/aromatic N) is 5. The lowest BCUT2D eigenvalue weighted by Gasteiger charge is -2.32. The van der Waals surface area contributed by atoms with Crippen LogP contribution in [0.3, 0.4) is 0 Å². The zero-order valence-electron chi connectivity index (χ0n) is 31.2. The van der Waals surface area contributed by atoms with E-state index >= 15 is 0 Å². The molecule has 12 nitrogen and oxygen atoms in total. The Hall–Kier alpha value is -5.40. The molecule has 56 heavy (non-hydrogen) atoms. The molecule has 2 N–H and O–H groups in total. The lowest BCUT2D eigenvalue weighted by Crippen LogP contribution is -2.44. The molecule has 1 aliphatic carbocycles. The molecule has 2 aromatic carbocycles. The van der Waals surface area contributed by atoms with Crippen LogP contribution in [0.5, 0.6) is 5.75 Å². The van der Waals surface area contributed by atoms with Crippen LogP contribution in [0.2, 0.25) is 0 Å². The van der Waals surface area contributed by atoms with Gasteiger partial charge in [0.2, 0.25) is 5.91 Å². The molecule has 3 aliphatic rings. The molecule has 0 bridgehead atoms. The molecule has 1 saturated carbocycles. The van der Waals surface area contributed by atoms with Crippen molar-refractivity contribution in [3.05, 3.63) is 71.5 Å². The van der Waals surface area contributed by atoms with E-state index in [0.717, 1.165) is 48.7 Å². The van der Waals surface area contributed by atoms with Gasteiger partial charge < -0.3 is 20.3 Å². The Kier molecular flexibility index (Phi) is 11.8. The molecule has 0 spiro atoms.